The van der Waals surface area contributed by atoms with Gasteiger partial charge in [0.2, 0.25) is 0 Å². The van der Waals surface area contributed by atoms with Crippen LogP contribution in [0, 0.1) is 0 Å². The summed E-state index contributed by atoms with van der Waals surface area (Å²) in [6, 6.07) is 0. The molecule has 0 bridgehead atoms. The highest BCUT2D eigenvalue weighted by Crippen LogP contribution is 2.43. The quantitative estimate of drug-likeness (QED) is 0.544. The molecule has 0 amide bonds. The van der Waals surface area contributed by atoms with Gasteiger partial charge in [0, 0.05) is 6.42 Å². The second-order valence-electron chi connectivity index (χ2n) is 3.04. The minimum absolute atomic E-state index is 0.355. The molecule has 1 atom stereocenters. The Hall–Kier alpha value is -0.690. The molecule has 0 fully saturated rings. The lowest BCUT2D eigenvalue weighted by Gasteiger charge is -2.30. The van der Waals surface area contributed by atoms with Crippen LogP contribution in [0.25, 0.3) is 0 Å². The Balaban J connectivity index is 2.86. The maximum absolute atomic E-state index is 12.6. The summed E-state index contributed by atoms with van der Waals surface area (Å²) in [6.07, 6.45) is -9.59. The Morgan fingerprint density at radius 3 is 2.25 bits per heavy atom. The van der Waals surface area contributed by atoms with Crippen LogP contribution < -0.4 is 0 Å². The predicted octanol–water partition coefficient (Wildman–Crippen LogP) is 3.91. The fourth-order valence-corrected chi connectivity index (χ4v) is 1.28. The smallest absolute Gasteiger partial charge is 0.287 e. The highest BCUT2D eigenvalue weighted by molar-refractivity contribution is 6.24. The number of hydrogen-bond donors (Lipinski definition) is 0. The first-order chi connectivity index (χ1) is 7.06. The van der Waals surface area contributed by atoms with Crippen molar-refractivity contribution in [3.63, 3.8) is 0 Å². The second-order valence-corrected chi connectivity index (χ2v) is 3.68. The minimum Gasteiger partial charge on any atom is -0.287 e. The summed E-state index contributed by atoms with van der Waals surface area (Å²) in [5.41, 5.74) is 0. The Morgan fingerprint density at radius 2 is 1.81 bits per heavy atom. The molecule has 0 aromatic rings. The van der Waals surface area contributed by atoms with Gasteiger partial charge in [-0.25, -0.2) is 4.39 Å². The molecule has 16 heavy (non-hydrogen) atoms. The highest BCUT2D eigenvalue weighted by Gasteiger charge is 2.62. The molecule has 0 spiro atoms. The van der Waals surface area contributed by atoms with Crippen molar-refractivity contribution in [3.05, 3.63) is 24.1 Å². The zero-order valence-electron chi connectivity index (χ0n) is 7.49. The van der Waals surface area contributed by atoms with E-state index < -0.39 is 29.6 Å². The first-order valence-electron chi connectivity index (χ1n) is 3.94. The van der Waals surface area contributed by atoms with Gasteiger partial charge in [0.15, 0.2) is 5.06 Å². The molecule has 0 aromatic heterocycles. The molecule has 1 aliphatic rings. The maximum Gasteiger partial charge on any atom is 0.483 e. The molecule has 1 unspecified atom stereocenters. The molecule has 92 valence electrons. The maximum atomic E-state index is 12.6. The van der Waals surface area contributed by atoms with Crippen molar-refractivity contribution in [1.29, 1.82) is 0 Å². The molecule has 8 heteroatoms. The van der Waals surface area contributed by atoms with E-state index in [1.165, 1.54) is 0 Å². The Morgan fingerprint density at radius 1 is 1.25 bits per heavy atom. The van der Waals surface area contributed by atoms with Crippen molar-refractivity contribution in [1.82, 2.24) is 0 Å². The first kappa shape index (κ1) is 13.4. The Kier molecular flexibility index (Phi) is 3.31. The number of alkyl halides is 6. The zero-order chi connectivity index (χ0) is 12.6. The fourth-order valence-electron chi connectivity index (χ4n) is 0.987. The van der Waals surface area contributed by atoms with E-state index in [0.29, 0.717) is 6.08 Å². The monoisotopic (exact) mass is 266 g/mol. The fraction of sp³-hybridized carbons (Fsp3) is 0.500. The number of hydrogen-bond acceptors (Lipinski definition) is 1. The van der Waals surface area contributed by atoms with Crippen molar-refractivity contribution in [2.75, 3.05) is 0 Å². The standard InChI is InChI=1S/C8H5ClF6O/c9-6(3-1-2-5(10)4-6)16-8(14,15)7(11,12)13/h1-2,4H,3H2. The van der Waals surface area contributed by atoms with Crippen LogP contribution in [-0.2, 0) is 4.74 Å². The predicted molar refractivity (Wildman–Crippen MR) is 43.6 cm³/mol. The normalized spacial score (nSPS) is 26.8. The zero-order valence-corrected chi connectivity index (χ0v) is 8.25. The van der Waals surface area contributed by atoms with E-state index in [0.717, 1.165) is 12.2 Å². The summed E-state index contributed by atoms with van der Waals surface area (Å²) in [7, 11) is 0. The lowest BCUT2D eigenvalue weighted by Crippen LogP contribution is -2.45. The van der Waals surface area contributed by atoms with Crippen LogP contribution in [0.15, 0.2) is 24.1 Å². The number of ether oxygens (including phenoxy) is 1. The van der Waals surface area contributed by atoms with Crippen molar-refractivity contribution in [3.8, 4) is 0 Å². The van der Waals surface area contributed by atoms with Gasteiger partial charge in [-0.2, -0.15) is 22.0 Å². The van der Waals surface area contributed by atoms with Gasteiger partial charge in [-0.15, -0.1) is 0 Å². The largest absolute Gasteiger partial charge is 0.483 e. The summed E-state index contributed by atoms with van der Waals surface area (Å²) in [5, 5.41) is -2.53. The Labute approximate surface area is 91.3 Å². The van der Waals surface area contributed by atoms with Crippen molar-refractivity contribution >= 4 is 11.6 Å². The van der Waals surface area contributed by atoms with Gasteiger partial charge in [0.05, 0.1) is 0 Å². The summed E-state index contributed by atoms with van der Waals surface area (Å²) in [4.78, 5) is 0. The SMILES string of the molecule is FC1=CC(Cl)(OC(F)(F)C(F)(F)F)CC=C1. The average molecular weight is 267 g/mol. The van der Waals surface area contributed by atoms with E-state index in [-0.39, 0.29) is 0 Å². The van der Waals surface area contributed by atoms with E-state index in [9.17, 15) is 26.3 Å². The molecule has 0 radical (unpaired) electrons. The van der Waals surface area contributed by atoms with Gasteiger partial charge in [0.1, 0.15) is 5.83 Å². The van der Waals surface area contributed by atoms with Crippen LogP contribution in [0.1, 0.15) is 6.42 Å². The highest BCUT2D eigenvalue weighted by atomic mass is 35.5. The summed E-state index contributed by atoms with van der Waals surface area (Å²) in [6.45, 7) is 0. The lowest BCUT2D eigenvalue weighted by molar-refractivity contribution is -0.403. The first-order valence-corrected chi connectivity index (χ1v) is 4.32. The molecule has 1 rings (SSSR count). The second kappa shape index (κ2) is 3.96. The van der Waals surface area contributed by atoms with Crippen molar-refractivity contribution < 1.29 is 31.1 Å². The van der Waals surface area contributed by atoms with E-state index in [4.69, 9.17) is 11.6 Å². The van der Waals surface area contributed by atoms with Crippen LogP contribution in [-0.4, -0.2) is 17.3 Å². The third kappa shape index (κ3) is 2.91. The van der Waals surface area contributed by atoms with Crippen LogP contribution in [0.5, 0.6) is 0 Å². The van der Waals surface area contributed by atoms with Gasteiger partial charge in [-0.3, -0.25) is 4.74 Å². The molecular weight excluding hydrogens is 262 g/mol. The molecule has 0 saturated carbocycles. The van der Waals surface area contributed by atoms with E-state index in [1.54, 1.807) is 0 Å². The van der Waals surface area contributed by atoms with Gasteiger partial charge in [-0.05, 0) is 12.2 Å². The number of rotatable bonds is 2. The van der Waals surface area contributed by atoms with Crippen LogP contribution in [0.4, 0.5) is 26.3 Å². The van der Waals surface area contributed by atoms with Crippen LogP contribution in [0.3, 0.4) is 0 Å². The number of allylic oxidation sites excluding steroid dienone is 2. The molecule has 1 aliphatic carbocycles. The molecule has 0 saturated heterocycles. The Bertz CT molecular complexity index is 334. The van der Waals surface area contributed by atoms with Crippen LogP contribution in [0.2, 0.25) is 0 Å². The van der Waals surface area contributed by atoms with Gasteiger partial charge < -0.3 is 0 Å². The van der Waals surface area contributed by atoms with Gasteiger partial charge >= 0.3 is 12.3 Å². The van der Waals surface area contributed by atoms with Crippen molar-refractivity contribution in [2.24, 2.45) is 0 Å². The summed E-state index contributed by atoms with van der Waals surface area (Å²) >= 11 is 5.29. The van der Waals surface area contributed by atoms with E-state index in [2.05, 4.69) is 4.74 Å². The number of halogens is 7. The third-order valence-electron chi connectivity index (χ3n) is 1.65. The van der Waals surface area contributed by atoms with E-state index >= 15 is 0 Å². The molecule has 0 aliphatic heterocycles. The van der Waals surface area contributed by atoms with E-state index in [1.807, 2.05) is 0 Å². The lowest BCUT2D eigenvalue weighted by atomic mass is 10.1. The minimum atomic E-state index is -5.90. The third-order valence-corrected chi connectivity index (χ3v) is 2.00. The summed E-state index contributed by atoms with van der Waals surface area (Å²) < 4.78 is 76.4. The van der Waals surface area contributed by atoms with Gasteiger partial charge in [0.25, 0.3) is 0 Å². The van der Waals surface area contributed by atoms with Crippen LogP contribution >= 0.6 is 11.6 Å². The summed E-state index contributed by atoms with van der Waals surface area (Å²) in [5.74, 6) is -1.04. The molecule has 0 heterocycles. The topological polar surface area (TPSA) is 9.23 Å². The average Bonchev–Trinajstić information content (AvgIpc) is 1.98. The molecule has 0 aromatic carbocycles. The molecule has 1 nitrogen and oxygen atoms in total. The van der Waals surface area contributed by atoms with Gasteiger partial charge in [-0.1, -0.05) is 17.7 Å². The molecular formula is C8H5ClF6O. The van der Waals surface area contributed by atoms with Crippen molar-refractivity contribution in [2.45, 2.75) is 23.8 Å². The molecule has 0 N–H and O–H groups in total.